The number of hydrogen-bond acceptors (Lipinski definition) is 1. The number of carbonyl (C=O) groups is 1. The van der Waals surface area contributed by atoms with E-state index in [-0.39, 0.29) is 5.91 Å². The van der Waals surface area contributed by atoms with Crippen molar-refractivity contribution in [2.75, 3.05) is 26.7 Å². The van der Waals surface area contributed by atoms with Gasteiger partial charge in [0.25, 0.3) is 5.91 Å². The Morgan fingerprint density at radius 3 is 2.55 bits per heavy atom. The predicted molar refractivity (Wildman–Crippen MR) is 45.9 cm³/mol. The molecule has 1 amide bonds. The van der Waals surface area contributed by atoms with Gasteiger partial charge in [0.2, 0.25) is 0 Å². The Bertz CT molecular complexity index is 156. The number of nitrogens with two attached hydrogens (primary N) is 1. The van der Waals surface area contributed by atoms with Crippen molar-refractivity contribution < 1.29 is 9.28 Å². The number of carbonyl (C=O) groups excluding carboxylic acids is 1. The van der Waals surface area contributed by atoms with E-state index in [0.29, 0.717) is 11.0 Å². The zero-order chi connectivity index (χ0) is 8.91. The van der Waals surface area contributed by atoms with E-state index >= 15 is 0 Å². The number of primary amides is 1. The Hall–Kier alpha value is -0.830. The fourth-order valence-corrected chi connectivity index (χ4v) is 0.993. The molecule has 0 aliphatic rings. The molecule has 0 aromatic rings. The van der Waals surface area contributed by atoms with Gasteiger partial charge in [0, 0.05) is 0 Å². The third kappa shape index (κ3) is 3.78. The highest BCUT2D eigenvalue weighted by molar-refractivity contribution is 5.74. The van der Waals surface area contributed by atoms with Crippen molar-refractivity contribution >= 4 is 5.91 Å². The zero-order valence-corrected chi connectivity index (χ0v) is 7.34. The molecule has 0 saturated carbocycles. The van der Waals surface area contributed by atoms with Crippen LogP contribution in [0.3, 0.4) is 0 Å². The smallest absolute Gasteiger partial charge is 0.272 e. The first-order valence-corrected chi connectivity index (χ1v) is 3.77. The summed E-state index contributed by atoms with van der Waals surface area (Å²) < 4.78 is 0.652. The molecule has 0 rings (SSSR count). The van der Waals surface area contributed by atoms with E-state index < -0.39 is 0 Å². The highest BCUT2D eigenvalue weighted by atomic mass is 16.1. The highest BCUT2D eigenvalue weighted by Crippen LogP contribution is 1.99. The topological polar surface area (TPSA) is 43.1 Å². The van der Waals surface area contributed by atoms with E-state index in [1.165, 1.54) is 0 Å². The first-order valence-electron chi connectivity index (χ1n) is 3.77. The molecule has 0 radical (unpaired) electrons. The average molecular weight is 157 g/mol. The summed E-state index contributed by atoms with van der Waals surface area (Å²) in [6.07, 6.45) is 1.81. The summed E-state index contributed by atoms with van der Waals surface area (Å²) in [4.78, 5) is 10.6. The van der Waals surface area contributed by atoms with Crippen LogP contribution in [0.25, 0.3) is 0 Å². The van der Waals surface area contributed by atoms with E-state index in [0.717, 1.165) is 13.1 Å². The van der Waals surface area contributed by atoms with Gasteiger partial charge in [-0.3, -0.25) is 4.79 Å². The molecule has 0 aromatic carbocycles. The van der Waals surface area contributed by atoms with E-state index in [9.17, 15) is 4.79 Å². The minimum Gasteiger partial charge on any atom is -0.365 e. The molecule has 2 N–H and O–H groups in total. The maximum absolute atomic E-state index is 10.6. The zero-order valence-electron chi connectivity index (χ0n) is 7.34. The van der Waals surface area contributed by atoms with Crippen LogP contribution in [0.4, 0.5) is 0 Å². The van der Waals surface area contributed by atoms with Crippen molar-refractivity contribution in [3.63, 3.8) is 0 Å². The third-order valence-electron chi connectivity index (χ3n) is 1.87. The van der Waals surface area contributed by atoms with Gasteiger partial charge >= 0.3 is 0 Å². The maximum atomic E-state index is 10.6. The number of rotatable bonds is 5. The molecule has 3 nitrogen and oxygen atoms in total. The van der Waals surface area contributed by atoms with Gasteiger partial charge < -0.3 is 10.2 Å². The molecule has 3 heteroatoms. The lowest BCUT2D eigenvalue weighted by Gasteiger charge is -2.30. The summed E-state index contributed by atoms with van der Waals surface area (Å²) in [5.41, 5.74) is 5.10. The van der Waals surface area contributed by atoms with E-state index in [2.05, 4.69) is 6.58 Å². The number of nitrogens with zero attached hydrogens (tertiary/aromatic N) is 1. The standard InChI is InChI=1S/C8H16N2O/c1-4-6-10(3,5-2)7-8(9)11/h4H,1,5-7H2,2-3H3,(H-,9,11)/p+1. The quantitative estimate of drug-likeness (QED) is 0.447. The van der Waals surface area contributed by atoms with Crippen LogP contribution in [-0.2, 0) is 4.79 Å². The fraction of sp³-hybridized carbons (Fsp3) is 0.625. The third-order valence-corrected chi connectivity index (χ3v) is 1.87. The molecular weight excluding hydrogens is 140 g/mol. The molecule has 1 unspecified atom stereocenters. The van der Waals surface area contributed by atoms with Crippen molar-refractivity contribution in [3.8, 4) is 0 Å². The van der Waals surface area contributed by atoms with Crippen molar-refractivity contribution in [2.45, 2.75) is 6.92 Å². The Labute approximate surface area is 68.1 Å². The van der Waals surface area contributed by atoms with Gasteiger partial charge in [-0.05, 0) is 13.0 Å². The summed E-state index contributed by atoms with van der Waals surface area (Å²) in [5.74, 6) is -0.254. The van der Waals surface area contributed by atoms with Crippen LogP contribution in [0.15, 0.2) is 12.7 Å². The summed E-state index contributed by atoms with van der Waals surface area (Å²) in [6.45, 7) is 7.75. The van der Waals surface area contributed by atoms with E-state index in [1.807, 2.05) is 20.0 Å². The SMILES string of the molecule is C=CC[N+](C)(CC)CC(N)=O. The molecule has 0 spiro atoms. The Morgan fingerprint density at radius 1 is 1.73 bits per heavy atom. The summed E-state index contributed by atoms with van der Waals surface area (Å²) in [7, 11) is 1.99. The molecule has 0 bridgehead atoms. The molecule has 0 aliphatic carbocycles. The lowest BCUT2D eigenvalue weighted by molar-refractivity contribution is -0.894. The Morgan fingerprint density at radius 2 is 2.27 bits per heavy atom. The Kier molecular flexibility index (Phi) is 3.82. The van der Waals surface area contributed by atoms with Crippen molar-refractivity contribution in [1.82, 2.24) is 0 Å². The molecule has 0 fully saturated rings. The van der Waals surface area contributed by atoms with Gasteiger partial charge in [-0.1, -0.05) is 6.58 Å². The minimum atomic E-state index is -0.254. The minimum absolute atomic E-state index is 0.254. The van der Waals surface area contributed by atoms with Gasteiger partial charge in [0.15, 0.2) is 6.54 Å². The summed E-state index contributed by atoms with van der Waals surface area (Å²) >= 11 is 0. The molecule has 0 heterocycles. The summed E-state index contributed by atoms with van der Waals surface area (Å²) in [5, 5.41) is 0. The van der Waals surface area contributed by atoms with Crippen molar-refractivity contribution in [1.29, 1.82) is 0 Å². The average Bonchev–Trinajstić information content (AvgIpc) is 1.87. The molecule has 1 atom stereocenters. The molecule has 0 aliphatic heterocycles. The van der Waals surface area contributed by atoms with Crippen LogP contribution in [0.5, 0.6) is 0 Å². The molecule has 11 heavy (non-hydrogen) atoms. The van der Waals surface area contributed by atoms with Crippen LogP contribution >= 0.6 is 0 Å². The number of hydrogen-bond donors (Lipinski definition) is 1. The highest BCUT2D eigenvalue weighted by Gasteiger charge is 2.19. The van der Waals surface area contributed by atoms with Gasteiger partial charge in [-0.25, -0.2) is 0 Å². The van der Waals surface area contributed by atoms with Gasteiger partial charge in [0.1, 0.15) is 0 Å². The van der Waals surface area contributed by atoms with Crippen LogP contribution in [0, 0.1) is 0 Å². The maximum Gasteiger partial charge on any atom is 0.272 e. The van der Waals surface area contributed by atoms with Crippen LogP contribution < -0.4 is 5.73 Å². The van der Waals surface area contributed by atoms with Crippen LogP contribution in [-0.4, -0.2) is 37.1 Å². The predicted octanol–water partition coefficient (Wildman–Crippen LogP) is 0.124. The molecule has 64 valence electrons. The second-order valence-corrected chi connectivity index (χ2v) is 3.03. The fourth-order valence-electron chi connectivity index (χ4n) is 0.993. The molecular formula is C8H17N2O+. The number of quaternary nitrogens is 1. The van der Waals surface area contributed by atoms with Crippen molar-refractivity contribution in [2.24, 2.45) is 5.73 Å². The number of amides is 1. The van der Waals surface area contributed by atoms with E-state index in [1.54, 1.807) is 0 Å². The second kappa shape index (κ2) is 4.13. The Balaban J connectivity index is 4.08. The first-order chi connectivity index (χ1) is 5.04. The van der Waals surface area contributed by atoms with E-state index in [4.69, 9.17) is 5.73 Å². The monoisotopic (exact) mass is 157 g/mol. The molecule has 0 saturated heterocycles. The van der Waals surface area contributed by atoms with Gasteiger partial charge in [-0.15, -0.1) is 0 Å². The van der Waals surface area contributed by atoms with Gasteiger partial charge in [0.05, 0.1) is 20.1 Å². The first kappa shape index (κ1) is 10.2. The second-order valence-electron chi connectivity index (χ2n) is 3.03. The lowest BCUT2D eigenvalue weighted by Crippen LogP contribution is -2.49. The van der Waals surface area contributed by atoms with Gasteiger partial charge in [-0.2, -0.15) is 0 Å². The van der Waals surface area contributed by atoms with Crippen molar-refractivity contribution in [3.05, 3.63) is 12.7 Å². The van der Waals surface area contributed by atoms with Crippen LogP contribution in [0.2, 0.25) is 0 Å². The van der Waals surface area contributed by atoms with Crippen LogP contribution in [0.1, 0.15) is 6.92 Å². The number of likely N-dealkylation sites (N-methyl/N-ethyl adjacent to an activating group) is 1. The normalized spacial score (nSPS) is 15.5. The summed E-state index contributed by atoms with van der Waals surface area (Å²) in [6, 6.07) is 0. The largest absolute Gasteiger partial charge is 0.365 e. The molecule has 0 aromatic heterocycles. The lowest BCUT2D eigenvalue weighted by atomic mass is 10.3.